The average molecular weight is 410 g/mol. The van der Waals surface area contributed by atoms with Crippen LogP contribution in [0.2, 0.25) is 0 Å². The Kier molecular flexibility index (Phi) is 8.00. The molecule has 2 N–H and O–H groups in total. The van der Waals surface area contributed by atoms with Crippen LogP contribution in [-0.2, 0) is 19.6 Å². The first-order valence-electron chi connectivity index (χ1n) is 9.94. The molecule has 1 heterocycles. The van der Waals surface area contributed by atoms with Crippen molar-refractivity contribution in [3.05, 3.63) is 29.8 Å². The van der Waals surface area contributed by atoms with Gasteiger partial charge in [-0.25, -0.2) is 12.7 Å². The van der Waals surface area contributed by atoms with Crippen LogP contribution in [0.15, 0.2) is 24.3 Å². The van der Waals surface area contributed by atoms with Gasteiger partial charge in [0.2, 0.25) is 21.8 Å². The molecular formula is C20H31N3O4S. The van der Waals surface area contributed by atoms with E-state index in [-0.39, 0.29) is 36.1 Å². The SMILES string of the molecule is CCCS(=O)(=O)N1CCC[C@@H](C(=O)N[C@@H](C)c2ccc(NC(=O)CC)cc2)C1. The maximum absolute atomic E-state index is 12.7. The molecule has 8 heteroatoms. The van der Waals surface area contributed by atoms with Crippen LogP contribution in [0.3, 0.4) is 0 Å². The Labute approximate surface area is 167 Å². The third kappa shape index (κ3) is 6.04. The molecule has 0 spiro atoms. The molecule has 1 fully saturated rings. The predicted octanol–water partition coefficient (Wildman–Crippen LogP) is 2.66. The van der Waals surface area contributed by atoms with E-state index >= 15 is 0 Å². The number of hydrogen-bond acceptors (Lipinski definition) is 4. The van der Waals surface area contributed by atoms with Crippen LogP contribution in [0.5, 0.6) is 0 Å². The van der Waals surface area contributed by atoms with Crippen LogP contribution >= 0.6 is 0 Å². The van der Waals surface area contributed by atoms with E-state index in [1.54, 1.807) is 6.92 Å². The Hall–Kier alpha value is -1.93. The van der Waals surface area contributed by atoms with Crippen molar-refractivity contribution in [1.82, 2.24) is 9.62 Å². The molecule has 0 radical (unpaired) electrons. The number of nitrogens with zero attached hydrogens (tertiary/aromatic N) is 1. The van der Waals surface area contributed by atoms with E-state index in [0.717, 1.165) is 11.3 Å². The lowest BCUT2D eigenvalue weighted by atomic mass is 9.98. The molecule has 156 valence electrons. The minimum Gasteiger partial charge on any atom is -0.349 e. The van der Waals surface area contributed by atoms with Gasteiger partial charge < -0.3 is 10.6 Å². The number of carbonyl (C=O) groups is 2. The molecule has 1 aromatic carbocycles. The lowest BCUT2D eigenvalue weighted by Gasteiger charge is -2.31. The monoisotopic (exact) mass is 409 g/mol. The number of piperidine rings is 1. The zero-order chi connectivity index (χ0) is 20.7. The van der Waals surface area contributed by atoms with Crippen LogP contribution in [0, 0.1) is 5.92 Å². The van der Waals surface area contributed by atoms with Crippen LogP contribution in [0.4, 0.5) is 5.69 Å². The quantitative estimate of drug-likeness (QED) is 0.690. The number of nitrogens with one attached hydrogen (secondary N) is 2. The van der Waals surface area contributed by atoms with Crippen molar-refractivity contribution in [3.8, 4) is 0 Å². The average Bonchev–Trinajstić information content (AvgIpc) is 2.68. The number of hydrogen-bond donors (Lipinski definition) is 2. The third-order valence-corrected chi connectivity index (χ3v) is 7.03. The molecule has 28 heavy (non-hydrogen) atoms. The number of amides is 2. The summed E-state index contributed by atoms with van der Waals surface area (Å²) in [6.45, 7) is 6.27. The fraction of sp³-hybridized carbons (Fsp3) is 0.600. The van der Waals surface area contributed by atoms with Gasteiger partial charge in [0.25, 0.3) is 0 Å². The predicted molar refractivity (Wildman–Crippen MR) is 110 cm³/mol. The number of carbonyl (C=O) groups excluding carboxylic acids is 2. The topological polar surface area (TPSA) is 95.6 Å². The first kappa shape index (κ1) is 22.4. The second kappa shape index (κ2) is 10.0. The fourth-order valence-electron chi connectivity index (χ4n) is 3.32. The Morgan fingerprint density at radius 1 is 1.21 bits per heavy atom. The lowest BCUT2D eigenvalue weighted by Crippen LogP contribution is -2.46. The minimum atomic E-state index is -3.28. The first-order chi connectivity index (χ1) is 13.3. The normalized spacial score (nSPS) is 19.0. The summed E-state index contributed by atoms with van der Waals surface area (Å²) >= 11 is 0. The Morgan fingerprint density at radius 2 is 1.89 bits per heavy atom. The molecular weight excluding hydrogens is 378 g/mol. The summed E-state index contributed by atoms with van der Waals surface area (Å²) in [6.07, 6.45) is 2.38. The summed E-state index contributed by atoms with van der Waals surface area (Å²) in [5.74, 6) is -0.370. The maximum Gasteiger partial charge on any atom is 0.224 e. The molecule has 1 saturated heterocycles. The summed E-state index contributed by atoms with van der Waals surface area (Å²) in [4.78, 5) is 24.1. The molecule has 0 saturated carbocycles. The zero-order valence-electron chi connectivity index (χ0n) is 16.9. The van der Waals surface area contributed by atoms with Crippen molar-refractivity contribution >= 4 is 27.5 Å². The van der Waals surface area contributed by atoms with E-state index in [9.17, 15) is 18.0 Å². The van der Waals surface area contributed by atoms with Gasteiger partial charge >= 0.3 is 0 Å². The van der Waals surface area contributed by atoms with Crippen molar-refractivity contribution in [2.24, 2.45) is 5.92 Å². The van der Waals surface area contributed by atoms with Crippen LogP contribution in [0.25, 0.3) is 0 Å². The van der Waals surface area contributed by atoms with Crippen molar-refractivity contribution < 1.29 is 18.0 Å². The van der Waals surface area contributed by atoms with Crippen LogP contribution < -0.4 is 10.6 Å². The van der Waals surface area contributed by atoms with Gasteiger partial charge in [0, 0.05) is 25.2 Å². The number of anilines is 1. The largest absolute Gasteiger partial charge is 0.349 e. The fourth-order valence-corrected chi connectivity index (χ4v) is 4.90. The van der Waals surface area contributed by atoms with Gasteiger partial charge in [0.1, 0.15) is 0 Å². The molecule has 2 atom stereocenters. The van der Waals surface area contributed by atoms with Crippen molar-refractivity contribution in [1.29, 1.82) is 0 Å². The molecule has 0 aliphatic carbocycles. The van der Waals surface area contributed by atoms with Crippen molar-refractivity contribution in [3.63, 3.8) is 0 Å². The highest BCUT2D eigenvalue weighted by atomic mass is 32.2. The van der Waals surface area contributed by atoms with E-state index in [4.69, 9.17) is 0 Å². The summed E-state index contributed by atoms with van der Waals surface area (Å²) in [5, 5.41) is 5.78. The molecule has 0 bridgehead atoms. The molecule has 1 aliphatic rings. The molecule has 0 aromatic heterocycles. The summed E-state index contributed by atoms with van der Waals surface area (Å²) in [7, 11) is -3.28. The zero-order valence-corrected chi connectivity index (χ0v) is 17.7. The van der Waals surface area contributed by atoms with Crippen LogP contribution in [0.1, 0.15) is 58.1 Å². The summed E-state index contributed by atoms with van der Waals surface area (Å²) < 4.78 is 26.0. The minimum absolute atomic E-state index is 0.0472. The highest BCUT2D eigenvalue weighted by Crippen LogP contribution is 2.22. The second-order valence-corrected chi connectivity index (χ2v) is 9.36. The maximum atomic E-state index is 12.7. The van der Waals surface area contributed by atoms with Gasteiger partial charge in [0.05, 0.1) is 17.7 Å². The van der Waals surface area contributed by atoms with Gasteiger partial charge in [-0.1, -0.05) is 26.0 Å². The van der Waals surface area contributed by atoms with E-state index < -0.39 is 10.0 Å². The Balaban J connectivity index is 1.95. The molecule has 2 rings (SSSR count). The molecule has 2 amide bonds. The van der Waals surface area contributed by atoms with E-state index in [2.05, 4.69) is 10.6 Å². The van der Waals surface area contributed by atoms with Gasteiger partial charge in [-0.2, -0.15) is 0 Å². The Bertz CT molecular complexity index is 777. The molecule has 7 nitrogen and oxygen atoms in total. The van der Waals surface area contributed by atoms with E-state index in [1.807, 2.05) is 38.1 Å². The third-order valence-electron chi connectivity index (χ3n) is 4.98. The highest BCUT2D eigenvalue weighted by molar-refractivity contribution is 7.89. The molecule has 0 unspecified atom stereocenters. The molecule has 1 aliphatic heterocycles. The van der Waals surface area contributed by atoms with Crippen LogP contribution in [-0.4, -0.2) is 43.4 Å². The summed E-state index contributed by atoms with van der Waals surface area (Å²) in [6, 6.07) is 7.16. The second-order valence-electron chi connectivity index (χ2n) is 7.27. The van der Waals surface area contributed by atoms with Gasteiger partial charge in [0.15, 0.2) is 0 Å². The van der Waals surface area contributed by atoms with E-state index in [1.165, 1.54) is 4.31 Å². The lowest BCUT2D eigenvalue weighted by molar-refractivity contribution is -0.126. The van der Waals surface area contributed by atoms with Crippen molar-refractivity contribution in [2.75, 3.05) is 24.2 Å². The smallest absolute Gasteiger partial charge is 0.224 e. The first-order valence-corrected chi connectivity index (χ1v) is 11.6. The number of rotatable bonds is 8. The summed E-state index contributed by atoms with van der Waals surface area (Å²) in [5.41, 5.74) is 1.65. The van der Waals surface area contributed by atoms with E-state index in [0.29, 0.717) is 32.2 Å². The Morgan fingerprint density at radius 3 is 2.50 bits per heavy atom. The van der Waals surface area contributed by atoms with Gasteiger partial charge in [-0.15, -0.1) is 0 Å². The molecule has 1 aromatic rings. The number of sulfonamides is 1. The van der Waals surface area contributed by atoms with Gasteiger partial charge in [-0.3, -0.25) is 9.59 Å². The van der Waals surface area contributed by atoms with Gasteiger partial charge in [-0.05, 0) is 43.9 Å². The standard InChI is InChI=1S/C20H31N3O4S/c1-4-13-28(26,27)23-12-6-7-17(14-23)20(25)21-15(3)16-8-10-18(11-9-16)22-19(24)5-2/h8-11,15,17H,4-7,12-14H2,1-3H3,(H,21,25)(H,22,24)/t15-,17+/m0/s1. The number of benzene rings is 1. The van der Waals surface area contributed by atoms with Crippen molar-refractivity contribution in [2.45, 2.75) is 52.5 Å². The highest BCUT2D eigenvalue weighted by Gasteiger charge is 2.32.